The second-order valence-electron chi connectivity index (χ2n) is 6.84. The number of aliphatic hydroxyl groups is 1. The Morgan fingerprint density at radius 3 is 2.70 bits per heavy atom. The Morgan fingerprint density at radius 1 is 1.43 bits per heavy atom. The van der Waals surface area contributed by atoms with Crippen LogP contribution < -0.4 is 0 Å². The molecule has 130 valence electrons. The van der Waals surface area contributed by atoms with Crippen molar-refractivity contribution < 1.29 is 9.90 Å². The zero-order valence-electron chi connectivity index (χ0n) is 14.6. The predicted octanol–water partition coefficient (Wildman–Crippen LogP) is 1.39. The van der Waals surface area contributed by atoms with Gasteiger partial charge >= 0.3 is 0 Å². The van der Waals surface area contributed by atoms with Crippen molar-refractivity contribution in [3.63, 3.8) is 0 Å². The van der Waals surface area contributed by atoms with E-state index in [-0.39, 0.29) is 5.91 Å². The molecule has 0 aromatic carbocycles. The summed E-state index contributed by atoms with van der Waals surface area (Å²) in [4.78, 5) is 16.5. The molecule has 2 rings (SSSR count). The van der Waals surface area contributed by atoms with E-state index in [1.165, 1.54) is 19.3 Å². The molecule has 1 aromatic rings. The molecule has 0 saturated heterocycles. The SMILES string of the molecule is CC(O)CN(CC(=O)N(C)Cc1cnn(C)c1)C1CCCCC1. The minimum Gasteiger partial charge on any atom is -0.392 e. The molecule has 1 atom stereocenters. The summed E-state index contributed by atoms with van der Waals surface area (Å²) < 4.78 is 1.75. The first-order valence-corrected chi connectivity index (χ1v) is 8.59. The lowest BCUT2D eigenvalue weighted by Crippen LogP contribution is -2.46. The topological polar surface area (TPSA) is 61.6 Å². The first-order chi connectivity index (χ1) is 11.0. The van der Waals surface area contributed by atoms with E-state index in [1.807, 2.05) is 20.3 Å². The fourth-order valence-corrected chi connectivity index (χ4v) is 3.34. The largest absolute Gasteiger partial charge is 0.392 e. The van der Waals surface area contributed by atoms with Crippen LogP contribution in [0.3, 0.4) is 0 Å². The number of hydrogen-bond acceptors (Lipinski definition) is 4. The highest BCUT2D eigenvalue weighted by atomic mass is 16.3. The predicted molar refractivity (Wildman–Crippen MR) is 89.8 cm³/mol. The quantitative estimate of drug-likeness (QED) is 0.824. The number of aromatic nitrogens is 2. The van der Waals surface area contributed by atoms with E-state index in [2.05, 4.69) is 10.00 Å². The van der Waals surface area contributed by atoms with Gasteiger partial charge < -0.3 is 10.0 Å². The fraction of sp³-hybridized carbons (Fsp3) is 0.765. The van der Waals surface area contributed by atoms with Gasteiger partial charge in [0.25, 0.3) is 0 Å². The van der Waals surface area contributed by atoms with Crippen LogP contribution in [0.15, 0.2) is 12.4 Å². The molecular formula is C17H30N4O2. The van der Waals surface area contributed by atoms with Gasteiger partial charge in [0.05, 0.1) is 18.8 Å². The lowest BCUT2D eigenvalue weighted by Gasteiger charge is -2.35. The Morgan fingerprint density at radius 2 is 2.13 bits per heavy atom. The van der Waals surface area contributed by atoms with E-state index in [4.69, 9.17) is 0 Å². The molecule has 1 aliphatic rings. The number of likely N-dealkylation sites (N-methyl/N-ethyl adjacent to an activating group) is 1. The Balaban J connectivity index is 1.92. The average Bonchev–Trinajstić information content (AvgIpc) is 2.92. The van der Waals surface area contributed by atoms with Gasteiger partial charge in [0.2, 0.25) is 5.91 Å². The molecular weight excluding hydrogens is 292 g/mol. The van der Waals surface area contributed by atoms with Crippen molar-refractivity contribution in [1.82, 2.24) is 19.6 Å². The molecule has 6 heteroatoms. The summed E-state index contributed by atoms with van der Waals surface area (Å²) in [5.41, 5.74) is 1.03. The molecule has 23 heavy (non-hydrogen) atoms. The van der Waals surface area contributed by atoms with Gasteiger partial charge in [0.15, 0.2) is 0 Å². The van der Waals surface area contributed by atoms with Crippen LogP contribution in [-0.4, -0.2) is 62.9 Å². The van der Waals surface area contributed by atoms with Gasteiger partial charge in [0, 0.05) is 45.0 Å². The van der Waals surface area contributed by atoms with Crippen molar-refractivity contribution in [3.05, 3.63) is 18.0 Å². The highest BCUT2D eigenvalue weighted by Gasteiger charge is 2.25. The van der Waals surface area contributed by atoms with Crippen molar-refractivity contribution in [2.45, 2.75) is 57.7 Å². The molecule has 1 N–H and O–H groups in total. The molecule has 1 heterocycles. The third kappa shape index (κ3) is 5.62. The van der Waals surface area contributed by atoms with Crippen LogP contribution in [0.25, 0.3) is 0 Å². The number of aliphatic hydroxyl groups excluding tert-OH is 1. The summed E-state index contributed by atoms with van der Waals surface area (Å²) in [6, 6.07) is 0.425. The number of amides is 1. The summed E-state index contributed by atoms with van der Waals surface area (Å²) in [5.74, 6) is 0.0973. The van der Waals surface area contributed by atoms with Gasteiger partial charge in [-0.3, -0.25) is 14.4 Å². The molecule has 0 radical (unpaired) electrons. The minimum absolute atomic E-state index is 0.0973. The van der Waals surface area contributed by atoms with Gasteiger partial charge in [-0.05, 0) is 19.8 Å². The second-order valence-corrected chi connectivity index (χ2v) is 6.84. The maximum Gasteiger partial charge on any atom is 0.236 e. The van der Waals surface area contributed by atoms with Gasteiger partial charge in [-0.25, -0.2) is 0 Å². The zero-order chi connectivity index (χ0) is 16.8. The van der Waals surface area contributed by atoms with E-state index in [9.17, 15) is 9.90 Å². The third-order valence-electron chi connectivity index (χ3n) is 4.53. The van der Waals surface area contributed by atoms with Crippen LogP contribution in [0.1, 0.15) is 44.6 Å². The highest BCUT2D eigenvalue weighted by molar-refractivity contribution is 5.78. The summed E-state index contributed by atoms with van der Waals surface area (Å²) in [6.07, 6.45) is 9.30. The average molecular weight is 322 g/mol. The number of nitrogens with zero attached hydrogens (tertiary/aromatic N) is 4. The molecule has 6 nitrogen and oxygen atoms in total. The standard InChI is InChI=1S/C17H30N4O2/c1-14(22)10-21(16-7-5-4-6-8-16)13-17(23)19(2)11-15-9-18-20(3)12-15/h9,12,14,16,22H,4-8,10-11,13H2,1-3H3. The minimum atomic E-state index is -0.409. The van der Waals surface area contributed by atoms with Crippen molar-refractivity contribution in [2.75, 3.05) is 20.1 Å². The Hall–Kier alpha value is -1.40. The lowest BCUT2D eigenvalue weighted by atomic mass is 9.94. The van der Waals surface area contributed by atoms with Gasteiger partial charge in [-0.15, -0.1) is 0 Å². The van der Waals surface area contributed by atoms with Gasteiger partial charge in [-0.2, -0.15) is 5.10 Å². The molecule has 0 bridgehead atoms. The molecule has 1 aromatic heterocycles. The van der Waals surface area contributed by atoms with E-state index < -0.39 is 6.10 Å². The summed E-state index contributed by atoms with van der Waals surface area (Å²) in [6.45, 7) is 3.31. The molecule has 0 spiro atoms. The Kier molecular flexibility index (Phi) is 6.59. The lowest BCUT2D eigenvalue weighted by molar-refractivity contribution is -0.132. The molecule has 1 saturated carbocycles. The number of carbonyl (C=O) groups is 1. The summed E-state index contributed by atoms with van der Waals surface area (Å²) in [7, 11) is 3.70. The number of carbonyl (C=O) groups excluding carboxylic acids is 1. The normalized spacial score (nSPS) is 17.4. The summed E-state index contributed by atoms with van der Waals surface area (Å²) >= 11 is 0. The fourth-order valence-electron chi connectivity index (χ4n) is 3.34. The van der Waals surface area contributed by atoms with E-state index >= 15 is 0 Å². The number of hydrogen-bond donors (Lipinski definition) is 1. The van der Waals surface area contributed by atoms with E-state index in [0.29, 0.717) is 25.7 Å². The van der Waals surface area contributed by atoms with Crippen molar-refractivity contribution in [1.29, 1.82) is 0 Å². The zero-order valence-corrected chi connectivity index (χ0v) is 14.6. The van der Waals surface area contributed by atoms with Crippen LogP contribution in [0, 0.1) is 0 Å². The highest BCUT2D eigenvalue weighted by Crippen LogP contribution is 2.23. The van der Waals surface area contributed by atoms with Crippen LogP contribution in [0.5, 0.6) is 0 Å². The van der Waals surface area contributed by atoms with Gasteiger partial charge in [0.1, 0.15) is 0 Å². The van der Waals surface area contributed by atoms with Crippen LogP contribution >= 0.6 is 0 Å². The molecule has 0 aliphatic heterocycles. The second kappa shape index (κ2) is 8.45. The molecule has 1 amide bonds. The van der Waals surface area contributed by atoms with E-state index in [0.717, 1.165) is 18.4 Å². The number of aryl methyl sites for hydroxylation is 1. The smallest absolute Gasteiger partial charge is 0.236 e. The van der Waals surface area contributed by atoms with Crippen LogP contribution in [0.2, 0.25) is 0 Å². The third-order valence-corrected chi connectivity index (χ3v) is 4.53. The molecule has 1 aliphatic carbocycles. The Bertz CT molecular complexity index is 495. The summed E-state index contributed by atoms with van der Waals surface area (Å²) in [5, 5.41) is 13.9. The van der Waals surface area contributed by atoms with Gasteiger partial charge in [-0.1, -0.05) is 19.3 Å². The number of rotatable bonds is 7. The maximum absolute atomic E-state index is 12.6. The van der Waals surface area contributed by atoms with Crippen molar-refractivity contribution in [3.8, 4) is 0 Å². The molecule has 1 unspecified atom stereocenters. The maximum atomic E-state index is 12.6. The van der Waals surface area contributed by atoms with Crippen molar-refractivity contribution >= 4 is 5.91 Å². The Labute approximate surface area is 139 Å². The first kappa shape index (κ1) is 17.9. The van der Waals surface area contributed by atoms with Crippen molar-refractivity contribution in [2.24, 2.45) is 7.05 Å². The molecule has 1 fully saturated rings. The van der Waals surface area contributed by atoms with E-state index in [1.54, 1.807) is 22.7 Å². The monoisotopic (exact) mass is 322 g/mol. The first-order valence-electron chi connectivity index (χ1n) is 8.59. The van der Waals surface area contributed by atoms with Crippen LogP contribution in [0.4, 0.5) is 0 Å². The van der Waals surface area contributed by atoms with Crippen LogP contribution in [-0.2, 0) is 18.4 Å².